The number of benzene rings is 1. The van der Waals surface area contributed by atoms with E-state index >= 15 is 0 Å². The molecular formula is C14H17N3O. The van der Waals surface area contributed by atoms with Gasteiger partial charge in [-0.3, -0.25) is 9.48 Å². The lowest BCUT2D eigenvalue weighted by Gasteiger charge is -2.07. The number of anilines is 1. The molecule has 18 heavy (non-hydrogen) atoms. The molecule has 2 rings (SSSR count). The van der Waals surface area contributed by atoms with Crippen molar-refractivity contribution in [1.82, 2.24) is 9.78 Å². The lowest BCUT2D eigenvalue weighted by atomic mass is 10.0. The smallest absolute Gasteiger partial charge is 0.225 e. The van der Waals surface area contributed by atoms with Gasteiger partial charge in [0.05, 0.1) is 6.20 Å². The maximum Gasteiger partial charge on any atom is 0.225 e. The van der Waals surface area contributed by atoms with E-state index in [2.05, 4.69) is 29.5 Å². The van der Waals surface area contributed by atoms with Crippen LogP contribution in [0.4, 0.5) is 5.82 Å². The number of hydrogen-bond donors (Lipinski definition) is 1. The van der Waals surface area contributed by atoms with Crippen LogP contribution in [-0.2, 0) is 18.3 Å². The molecular weight excluding hydrogens is 226 g/mol. The fourth-order valence-electron chi connectivity index (χ4n) is 1.84. The molecule has 1 aromatic carbocycles. The van der Waals surface area contributed by atoms with Crippen molar-refractivity contribution >= 4 is 11.7 Å². The van der Waals surface area contributed by atoms with Crippen LogP contribution in [0, 0.1) is 6.92 Å². The van der Waals surface area contributed by atoms with Gasteiger partial charge in [-0.15, -0.1) is 0 Å². The highest BCUT2D eigenvalue weighted by Crippen LogP contribution is 2.10. The van der Waals surface area contributed by atoms with Crippen molar-refractivity contribution in [1.29, 1.82) is 0 Å². The van der Waals surface area contributed by atoms with E-state index in [4.69, 9.17) is 0 Å². The Balaban J connectivity index is 1.90. The van der Waals surface area contributed by atoms with Crippen molar-refractivity contribution in [3.8, 4) is 0 Å². The number of rotatable bonds is 4. The molecule has 4 heteroatoms. The molecule has 1 N–H and O–H groups in total. The van der Waals surface area contributed by atoms with Crippen LogP contribution in [0.1, 0.15) is 17.5 Å². The van der Waals surface area contributed by atoms with Gasteiger partial charge in [0.2, 0.25) is 5.91 Å². The van der Waals surface area contributed by atoms with Crippen molar-refractivity contribution in [2.24, 2.45) is 7.05 Å². The molecule has 0 aliphatic carbocycles. The molecule has 0 spiro atoms. The van der Waals surface area contributed by atoms with Gasteiger partial charge >= 0.3 is 0 Å². The second-order valence-electron chi connectivity index (χ2n) is 4.31. The van der Waals surface area contributed by atoms with Crippen LogP contribution in [0.5, 0.6) is 0 Å². The summed E-state index contributed by atoms with van der Waals surface area (Å²) >= 11 is 0. The number of carbonyl (C=O) groups is 1. The SMILES string of the molecule is Cc1ccccc1CCC(=O)Nc1ccnn1C. The van der Waals surface area contributed by atoms with Crippen LogP contribution in [0.3, 0.4) is 0 Å². The molecule has 1 amide bonds. The van der Waals surface area contributed by atoms with Gasteiger partial charge in [-0.1, -0.05) is 24.3 Å². The second kappa shape index (κ2) is 5.49. The highest BCUT2D eigenvalue weighted by Gasteiger charge is 2.06. The third kappa shape index (κ3) is 2.97. The van der Waals surface area contributed by atoms with Crippen molar-refractivity contribution in [3.05, 3.63) is 47.7 Å². The zero-order valence-electron chi connectivity index (χ0n) is 10.7. The fourth-order valence-corrected chi connectivity index (χ4v) is 1.84. The molecule has 0 atom stereocenters. The van der Waals surface area contributed by atoms with E-state index in [0.29, 0.717) is 6.42 Å². The summed E-state index contributed by atoms with van der Waals surface area (Å²) in [4.78, 5) is 11.8. The Morgan fingerprint density at radius 1 is 1.33 bits per heavy atom. The maximum absolute atomic E-state index is 11.8. The third-order valence-corrected chi connectivity index (χ3v) is 2.97. The van der Waals surface area contributed by atoms with Gasteiger partial charge in [0.1, 0.15) is 5.82 Å². The Morgan fingerprint density at radius 2 is 2.11 bits per heavy atom. The highest BCUT2D eigenvalue weighted by molar-refractivity contribution is 5.89. The van der Waals surface area contributed by atoms with Crippen LogP contribution in [0.15, 0.2) is 36.5 Å². The van der Waals surface area contributed by atoms with Gasteiger partial charge in [0, 0.05) is 19.5 Å². The summed E-state index contributed by atoms with van der Waals surface area (Å²) in [5.41, 5.74) is 2.45. The minimum absolute atomic E-state index is 0.0156. The molecule has 0 fully saturated rings. The largest absolute Gasteiger partial charge is 0.311 e. The van der Waals surface area contributed by atoms with Gasteiger partial charge in [-0.25, -0.2) is 0 Å². The maximum atomic E-state index is 11.8. The van der Waals surface area contributed by atoms with Gasteiger partial charge in [0.25, 0.3) is 0 Å². The van der Waals surface area contributed by atoms with Gasteiger partial charge in [0.15, 0.2) is 0 Å². The average Bonchev–Trinajstić information content (AvgIpc) is 2.74. The Labute approximate surface area is 107 Å². The lowest BCUT2D eigenvalue weighted by Crippen LogP contribution is -2.15. The van der Waals surface area contributed by atoms with E-state index in [1.807, 2.05) is 12.1 Å². The number of carbonyl (C=O) groups excluding carboxylic acids is 1. The molecule has 1 heterocycles. The summed E-state index contributed by atoms with van der Waals surface area (Å²) in [5.74, 6) is 0.742. The first-order valence-electron chi connectivity index (χ1n) is 5.99. The molecule has 0 aliphatic heterocycles. The number of amides is 1. The highest BCUT2D eigenvalue weighted by atomic mass is 16.1. The second-order valence-corrected chi connectivity index (χ2v) is 4.31. The van der Waals surface area contributed by atoms with E-state index < -0.39 is 0 Å². The standard InChI is InChI=1S/C14H17N3O/c1-11-5-3-4-6-12(11)7-8-14(18)16-13-9-10-15-17(13)2/h3-6,9-10H,7-8H2,1-2H3,(H,16,18). The molecule has 0 aliphatic rings. The summed E-state index contributed by atoms with van der Waals surface area (Å²) in [6.07, 6.45) is 2.91. The average molecular weight is 243 g/mol. The number of aryl methyl sites for hydroxylation is 3. The Hall–Kier alpha value is -2.10. The monoisotopic (exact) mass is 243 g/mol. The van der Waals surface area contributed by atoms with E-state index in [-0.39, 0.29) is 5.91 Å². The molecule has 0 saturated heterocycles. The van der Waals surface area contributed by atoms with Crippen LogP contribution in [0.2, 0.25) is 0 Å². The first kappa shape index (κ1) is 12.4. The normalized spacial score (nSPS) is 10.3. The fraction of sp³-hybridized carbons (Fsp3) is 0.286. The minimum atomic E-state index is 0.0156. The number of nitrogens with zero attached hydrogens (tertiary/aromatic N) is 2. The number of aromatic nitrogens is 2. The first-order valence-corrected chi connectivity index (χ1v) is 5.99. The van der Waals surface area contributed by atoms with Crippen molar-refractivity contribution in [2.45, 2.75) is 19.8 Å². The molecule has 4 nitrogen and oxygen atoms in total. The Kier molecular flexibility index (Phi) is 3.77. The third-order valence-electron chi connectivity index (χ3n) is 2.97. The topological polar surface area (TPSA) is 46.9 Å². The Morgan fingerprint density at radius 3 is 2.78 bits per heavy atom. The predicted octanol–water partition coefficient (Wildman–Crippen LogP) is 2.30. The van der Waals surface area contributed by atoms with E-state index in [1.54, 1.807) is 24.0 Å². The molecule has 0 saturated carbocycles. The van der Waals surface area contributed by atoms with Crippen LogP contribution in [-0.4, -0.2) is 15.7 Å². The summed E-state index contributed by atoms with van der Waals surface area (Å²) < 4.78 is 1.64. The Bertz CT molecular complexity index is 545. The summed E-state index contributed by atoms with van der Waals surface area (Å²) in [6.45, 7) is 2.06. The van der Waals surface area contributed by atoms with Crippen LogP contribution in [0.25, 0.3) is 0 Å². The molecule has 2 aromatic rings. The van der Waals surface area contributed by atoms with Crippen molar-refractivity contribution in [3.63, 3.8) is 0 Å². The molecule has 0 unspecified atom stereocenters. The minimum Gasteiger partial charge on any atom is -0.311 e. The molecule has 0 bridgehead atoms. The molecule has 94 valence electrons. The van der Waals surface area contributed by atoms with Gasteiger partial charge in [-0.2, -0.15) is 5.10 Å². The molecule has 0 radical (unpaired) electrons. The summed E-state index contributed by atoms with van der Waals surface area (Å²) in [5, 5.41) is 6.85. The van der Waals surface area contributed by atoms with E-state index in [1.165, 1.54) is 11.1 Å². The zero-order chi connectivity index (χ0) is 13.0. The first-order chi connectivity index (χ1) is 8.66. The number of nitrogens with one attached hydrogen (secondary N) is 1. The molecule has 1 aromatic heterocycles. The quantitative estimate of drug-likeness (QED) is 0.895. The van der Waals surface area contributed by atoms with E-state index in [0.717, 1.165) is 12.2 Å². The van der Waals surface area contributed by atoms with Crippen LogP contribution < -0.4 is 5.32 Å². The van der Waals surface area contributed by atoms with Crippen molar-refractivity contribution in [2.75, 3.05) is 5.32 Å². The van der Waals surface area contributed by atoms with Crippen molar-refractivity contribution < 1.29 is 4.79 Å². The van der Waals surface area contributed by atoms with Gasteiger partial charge < -0.3 is 5.32 Å². The van der Waals surface area contributed by atoms with Crippen LogP contribution >= 0.6 is 0 Å². The summed E-state index contributed by atoms with van der Waals surface area (Å²) in [7, 11) is 1.80. The lowest BCUT2D eigenvalue weighted by molar-refractivity contribution is -0.116. The predicted molar refractivity (Wildman–Crippen MR) is 71.3 cm³/mol. The zero-order valence-corrected chi connectivity index (χ0v) is 10.7. The van der Waals surface area contributed by atoms with Gasteiger partial charge in [-0.05, 0) is 24.5 Å². The summed E-state index contributed by atoms with van der Waals surface area (Å²) in [6, 6.07) is 9.92. The number of hydrogen-bond acceptors (Lipinski definition) is 2. The van der Waals surface area contributed by atoms with E-state index in [9.17, 15) is 4.79 Å².